The third-order valence-corrected chi connectivity index (χ3v) is 4.78. The molecule has 0 bridgehead atoms. The summed E-state index contributed by atoms with van der Waals surface area (Å²) in [4.78, 5) is 13.5. The van der Waals surface area contributed by atoms with Gasteiger partial charge in [0, 0.05) is 13.1 Å². The molecule has 3 atom stereocenters. The molecule has 0 aromatic heterocycles. The first-order valence-electron chi connectivity index (χ1n) is 7.25. The zero-order valence-electron chi connectivity index (χ0n) is 11.6. The number of hydrogen-bond donors (Lipinski definition) is 1. The summed E-state index contributed by atoms with van der Waals surface area (Å²) in [6.45, 7) is 1.24. The highest BCUT2D eigenvalue weighted by Crippen LogP contribution is 2.42. The molecule has 2 fully saturated rings. The topological polar surface area (TPSA) is 64.3 Å². The van der Waals surface area contributed by atoms with Crippen molar-refractivity contribution in [2.75, 3.05) is 6.54 Å². The Hall–Kier alpha value is -1.93. The number of rotatable bonds is 3. The van der Waals surface area contributed by atoms with Gasteiger partial charge < -0.3 is 5.11 Å². The van der Waals surface area contributed by atoms with Crippen LogP contribution in [-0.4, -0.2) is 28.6 Å². The van der Waals surface area contributed by atoms with E-state index in [4.69, 9.17) is 5.26 Å². The molecule has 0 amide bonds. The van der Waals surface area contributed by atoms with E-state index in [9.17, 15) is 14.3 Å². The van der Waals surface area contributed by atoms with E-state index >= 15 is 0 Å². The monoisotopic (exact) mass is 288 g/mol. The van der Waals surface area contributed by atoms with Gasteiger partial charge in [0.2, 0.25) is 0 Å². The largest absolute Gasteiger partial charge is 0.480 e. The lowest BCUT2D eigenvalue weighted by atomic mass is 9.94. The Morgan fingerprint density at radius 1 is 1.48 bits per heavy atom. The van der Waals surface area contributed by atoms with Gasteiger partial charge in [-0.3, -0.25) is 9.69 Å². The second-order valence-electron chi connectivity index (χ2n) is 5.99. The van der Waals surface area contributed by atoms with E-state index in [2.05, 4.69) is 0 Å². The van der Waals surface area contributed by atoms with Gasteiger partial charge in [0.05, 0.1) is 5.56 Å². The summed E-state index contributed by atoms with van der Waals surface area (Å²) in [6.07, 6.45) is 3.19. The van der Waals surface area contributed by atoms with Gasteiger partial charge in [-0.05, 0) is 42.4 Å². The lowest BCUT2D eigenvalue weighted by Crippen LogP contribution is -2.39. The lowest BCUT2D eigenvalue weighted by molar-refractivity contribution is -0.143. The number of carbonyl (C=O) groups is 1. The van der Waals surface area contributed by atoms with Crippen molar-refractivity contribution < 1.29 is 14.3 Å². The molecule has 1 saturated carbocycles. The molecule has 0 radical (unpaired) electrons. The van der Waals surface area contributed by atoms with Gasteiger partial charge in [-0.15, -0.1) is 0 Å². The van der Waals surface area contributed by atoms with Gasteiger partial charge in [-0.25, -0.2) is 4.39 Å². The molecular weight excluding hydrogens is 271 g/mol. The van der Waals surface area contributed by atoms with Gasteiger partial charge in [-0.2, -0.15) is 5.26 Å². The Morgan fingerprint density at radius 3 is 3.00 bits per heavy atom. The molecule has 3 rings (SSSR count). The Bertz CT molecular complexity index is 611. The fourth-order valence-corrected chi connectivity index (χ4v) is 3.89. The van der Waals surface area contributed by atoms with Gasteiger partial charge in [0.25, 0.3) is 0 Å². The maximum absolute atomic E-state index is 13.3. The number of hydrogen-bond acceptors (Lipinski definition) is 3. The van der Waals surface area contributed by atoms with Crippen molar-refractivity contribution >= 4 is 5.97 Å². The van der Waals surface area contributed by atoms with Crippen molar-refractivity contribution in [3.63, 3.8) is 0 Å². The van der Waals surface area contributed by atoms with Crippen LogP contribution in [-0.2, 0) is 11.3 Å². The molecule has 1 aliphatic carbocycles. The van der Waals surface area contributed by atoms with Crippen LogP contribution in [0.4, 0.5) is 4.39 Å². The number of benzene rings is 1. The maximum Gasteiger partial charge on any atom is 0.321 e. The number of likely N-dealkylation sites (tertiary alicyclic amines) is 1. The second kappa shape index (κ2) is 5.45. The van der Waals surface area contributed by atoms with Crippen LogP contribution in [0, 0.1) is 29.0 Å². The van der Waals surface area contributed by atoms with E-state index in [-0.39, 0.29) is 11.5 Å². The molecule has 0 spiro atoms. The van der Waals surface area contributed by atoms with Crippen LogP contribution >= 0.6 is 0 Å². The summed E-state index contributed by atoms with van der Waals surface area (Å²) in [6, 6.07) is 5.80. The number of carboxylic acid groups (broad SMARTS) is 1. The Morgan fingerprint density at radius 2 is 2.29 bits per heavy atom. The van der Waals surface area contributed by atoms with Crippen molar-refractivity contribution in [1.82, 2.24) is 4.90 Å². The summed E-state index contributed by atoms with van der Waals surface area (Å²) in [5.74, 6) is -0.610. The average Bonchev–Trinajstić information content (AvgIpc) is 3.00. The van der Waals surface area contributed by atoms with E-state index in [0.717, 1.165) is 31.4 Å². The predicted molar refractivity (Wildman–Crippen MR) is 73.8 cm³/mol. The zero-order chi connectivity index (χ0) is 15.0. The van der Waals surface area contributed by atoms with E-state index in [1.54, 1.807) is 6.07 Å². The van der Waals surface area contributed by atoms with Crippen LogP contribution in [0.1, 0.15) is 30.4 Å². The van der Waals surface area contributed by atoms with Crippen molar-refractivity contribution in [3.05, 3.63) is 35.1 Å². The number of aliphatic carboxylic acids is 1. The van der Waals surface area contributed by atoms with E-state index < -0.39 is 17.8 Å². The van der Waals surface area contributed by atoms with Crippen molar-refractivity contribution in [2.24, 2.45) is 11.8 Å². The molecule has 2 aliphatic rings. The maximum atomic E-state index is 13.3. The van der Waals surface area contributed by atoms with Crippen molar-refractivity contribution in [2.45, 2.75) is 31.8 Å². The minimum Gasteiger partial charge on any atom is -0.480 e. The molecule has 1 N–H and O–H groups in total. The molecule has 3 unspecified atom stereocenters. The highest BCUT2D eigenvalue weighted by Gasteiger charge is 2.47. The van der Waals surface area contributed by atoms with E-state index in [0.29, 0.717) is 12.5 Å². The van der Waals surface area contributed by atoms with Crippen LogP contribution < -0.4 is 0 Å². The molecule has 110 valence electrons. The van der Waals surface area contributed by atoms with Crippen LogP contribution in [0.25, 0.3) is 0 Å². The lowest BCUT2D eigenvalue weighted by Gasteiger charge is -2.24. The summed E-state index contributed by atoms with van der Waals surface area (Å²) >= 11 is 0. The molecular formula is C16H17FN2O2. The summed E-state index contributed by atoms with van der Waals surface area (Å²) in [5, 5.41) is 18.4. The molecule has 5 heteroatoms. The quantitative estimate of drug-likeness (QED) is 0.927. The standard InChI is InChI=1S/C16H17FN2O2/c17-14-5-4-10(6-12(14)7-18)8-19-9-11-2-1-3-13(11)15(19)16(20)21/h4-6,11,13,15H,1-3,8-9H2,(H,20,21). The van der Waals surface area contributed by atoms with Gasteiger partial charge >= 0.3 is 5.97 Å². The number of carboxylic acids is 1. The fraction of sp³-hybridized carbons (Fsp3) is 0.500. The SMILES string of the molecule is N#Cc1cc(CN2CC3CCCC3C2C(=O)O)ccc1F. The summed E-state index contributed by atoms with van der Waals surface area (Å²) in [5.41, 5.74) is 0.804. The zero-order valence-corrected chi connectivity index (χ0v) is 11.6. The summed E-state index contributed by atoms with van der Waals surface area (Å²) in [7, 11) is 0. The van der Waals surface area contributed by atoms with Crippen molar-refractivity contribution in [1.29, 1.82) is 5.26 Å². The molecule has 1 aliphatic heterocycles. The first kappa shape index (κ1) is 14.0. The minimum absolute atomic E-state index is 0.0127. The van der Waals surface area contributed by atoms with Gasteiger partial charge in [-0.1, -0.05) is 12.5 Å². The minimum atomic E-state index is -0.771. The highest BCUT2D eigenvalue weighted by atomic mass is 19.1. The predicted octanol–water partition coefficient (Wildman–Crippen LogP) is 2.38. The third kappa shape index (κ3) is 2.52. The molecule has 1 heterocycles. The van der Waals surface area contributed by atoms with Crippen molar-refractivity contribution in [3.8, 4) is 6.07 Å². The number of halogens is 1. The first-order chi connectivity index (χ1) is 10.1. The number of nitriles is 1. The number of nitrogens with zero attached hydrogens (tertiary/aromatic N) is 2. The van der Waals surface area contributed by atoms with Crippen LogP contribution in [0.3, 0.4) is 0 Å². The first-order valence-corrected chi connectivity index (χ1v) is 7.25. The van der Waals surface area contributed by atoms with E-state index in [1.165, 1.54) is 12.1 Å². The molecule has 1 aromatic rings. The Balaban J connectivity index is 1.81. The normalized spacial score (nSPS) is 28.3. The second-order valence-corrected chi connectivity index (χ2v) is 5.99. The Labute approximate surface area is 122 Å². The van der Waals surface area contributed by atoms with Crippen LogP contribution in [0.15, 0.2) is 18.2 Å². The average molecular weight is 288 g/mol. The number of fused-ring (bicyclic) bond motifs is 1. The Kier molecular flexibility index (Phi) is 3.64. The molecule has 1 aromatic carbocycles. The molecule has 21 heavy (non-hydrogen) atoms. The van der Waals surface area contributed by atoms with Crippen LogP contribution in [0.2, 0.25) is 0 Å². The van der Waals surface area contributed by atoms with E-state index in [1.807, 2.05) is 11.0 Å². The van der Waals surface area contributed by atoms with Gasteiger partial charge in [0.1, 0.15) is 17.9 Å². The molecule has 4 nitrogen and oxygen atoms in total. The third-order valence-electron chi connectivity index (χ3n) is 4.78. The fourth-order valence-electron chi connectivity index (χ4n) is 3.89. The highest BCUT2D eigenvalue weighted by molar-refractivity contribution is 5.74. The molecule has 1 saturated heterocycles. The smallest absolute Gasteiger partial charge is 0.321 e. The summed E-state index contributed by atoms with van der Waals surface area (Å²) < 4.78 is 13.3. The van der Waals surface area contributed by atoms with Gasteiger partial charge in [0.15, 0.2) is 0 Å². The van der Waals surface area contributed by atoms with Crippen LogP contribution in [0.5, 0.6) is 0 Å².